The van der Waals surface area contributed by atoms with Gasteiger partial charge in [-0.1, -0.05) is 41.9 Å². The van der Waals surface area contributed by atoms with E-state index in [4.69, 9.17) is 11.6 Å². The standard InChI is InChI=1S/C19H24ClN3O2S.HI/c1-2-21-19(23-15-16-9-11-17(20)12-10-16)22-13-6-14-26(24,25)18-7-4-3-5-8-18;/h3-5,7-12H,2,6,13-15H2,1H3,(H2,21,22,23);1H. The van der Waals surface area contributed by atoms with Crippen molar-refractivity contribution >= 4 is 51.4 Å². The molecule has 2 aromatic rings. The molecule has 0 aromatic heterocycles. The first-order valence-corrected chi connectivity index (χ1v) is 10.6. The SMILES string of the molecule is CCNC(=NCc1ccc(Cl)cc1)NCCCS(=O)(=O)c1ccccc1.I. The van der Waals surface area contributed by atoms with Gasteiger partial charge in [-0.2, -0.15) is 0 Å². The molecule has 0 aliphatic rings. The number of guanidine groups is 1. The number of halogens is 2. The summed E-state index contributed by atoms with van der Waals surface area (Å²) in [4.78, 5) is 4.87. The zero-order chi connectivity index (χ0) is 18.8. The average molecular weight is 522 g/mol. The van der Waals surface area contributed by atoms with Gasteiger partial charge in [-0.15, -0.1) is 24.0 Å². The maximum absolute atomic E-state index is 12.3. The molecule has 0 atom stereocenters. The lowest BCUT2D eigenvalue weighted by molar-refractivity contribution is 0.592. The Morgan fingerprint density at radius 1 is 1.04 bits per heavy atom. The molecule has 0 aliphatic carbocycles. The summed E-state index contributed by atoms with van der Waals surface area (Å²) >= 11 is 5.88. The predicted molar refractivity (Wildman–Crippen MR) is 123 cm³/mol. The molecular weight excluding hydrogens is 497 g/mol. The van der Waals surface area contributed by atoms with Gasteiger partial charge in [0.1, 0.15) is 0 Å². The quantitative estimate of drug-likeness (QED) is 0.239. The molecule has 2 N–H and O–H groups in total. The number of rotatable bonds is 8. The molecule has 5 nitrogen and oxygen atoms in total. The van der Waals surface area contributed by atoms with E-state index in [1.807, 2.05) is 31.2 Å². The number of hydrogen-bond acceptors (Lipinski definition) is 3. The second-order valence-electron chi connectivity index (χ2n) is 5.73. The van der Waals surface area contributed by atoms with Crippen LogP contribution in [0.2, 0.25) is 5.02 Å². The number of nitrogens with zero attached hydrogens (tertiary/aromatic N) is 1. The molecule has 0 spiro atoms. The lowest BCUT2D eigenvalue weighted by Gasteiger charge is -2.11. The van der Waals surface area contributed by atoms with Gasteiger partial charge < -0.3 is 10.6 Å². The van der Waals surface area contributed by atoms with Gasteiger partial charge in [0.05, 0.1) is 17.2 Å². The van der Waals surface area contributed by atoms with Crippen molar-refractivity contribution < 1.29 is 8.42 Å². The zero-order valence-electron chi connectivity index (χ0n) is 15.2. The van der Waals surface area contributed by atoms with Crippen molar-refractivity contribution in [2.45, 2.75) is 24.8 Å². The first-order chi connectivity index (χ1) is 12.5. The van der Waals surface area contributed by atoms with Crippen LogP contribution in [0.15, 0.2) is 64.5 Å². The molecule has 0 saturated carbocycles. The van der Waals surface area contributed by atoms with Crippen LogP contribution in [0.4, 0.5) is 0 Å². The van der Waals surface area contributed by atoms with Gasteiger partial charge in [0.25, 0.3) is 0 Å². The molecule has 27 heavy (non-hydrogen) atoms. The molecular formula is C19H25ClIN3O2S. The highest BCUT2D eigenvalue weighted by molar-refractivity contribution is 14.0. The number of nitrogens with one attached hydrogen (secondary N) is 2. The van der Waals surface area contributed by atoms with Crippen LogP contribution in [-0.2, 0) is 16.4 Å². The van der Waals surface area contributed by atoms with E-state index in [0.29, 0.717) is 35.4 Å². The molecule has 2 rings (SSSR count). The van der Waals surface area contributed by atoms with Crippen molar-refractivity contribution in [2.75, 3.05) is 18.8 Å². The molecule has 2 aromatic carbocycles. The molecule has 0 bridgehead atoms. The Bertz CT molecular complexity index is 813. The zero-order valence-corrected chi connectivity index (χ0v) is 19.1. The van der Waals surface area contributed by atoms with Gasteiger partial charge in [0, 0.05) is 18.1 Å². The lowest BCUT2D eigenvalue weighted by atomic mass is 10.2. The van der Waals surface area contributed by atoms with Crippen LogP contribution in [-0.4, -0.2) is 33.2 Å². The monoisotopic (exact) mass is 521 g/mol. The van der Waals surface area contributed by atoms with E-state index in [1.54, 1.807) is 30.3 Å². The van der Waals surface area contributed by atoms with Gasteiger partial charge in [-0.3, -0.25) is 0 Å². The molecule has 0 heterocycles. The van der Waals surface area contributed by atoms with Gasteiger partial charge in [0.15, 0.2) is 15.8 Å². The highest BCUT2D eigenvalue weighted by atomic mass is 127. The van der Waals surface area contributed by atoms with Gasteiger partial charge in [-0.05, 0) is 43.2 Å². The smallest absolute Gasteiger partial charge is 0.191 e. The maximum atomic E-state index is 12.3. The number of sulfone groups is 1. The molecule has 148 valence electrons. The Hall–Kier alpha value is -1.32. The Morgan fingerprint density at radius 3 is 2.33 bits per heavy atom. The van der Waals surface area contributed by atoms with E-state index < -0.39 is 9.84 Å². The van der Waals surface area contributed by atoms with Crippen LogP contribution in [0, 0.1) is 0 Å². The topological polar surface area (TPSA) is 70.6 Å². The second-order valence-corrected chi connectivity index (χ2v) is 8.28. The summed E-state index contributed by atoms with van der Waals surface area (Å²) in [5, 5.41) is 7.03. The van der Waals surface area contributed by atoms with E-state index >= 15 is 0 Å². The van der Waals surface area contributed by atoms with Crippen molar-refractivity contribution in [2.24, 2.45) is 4.99 Å². The minimum Gasteiger partial charge on any atom is -0.357 e. The van der Waals surface area contributed by atoms with E-state index in [-0.39, 0.29) is 29.7 Å². The number of hydrogen-bond donors (Lipinski definition) is 2. The van der Waals surface area contributed by atoms with Crippen molar-refractivity contribution in [3.63, 3.8) is 0 Å². The number of aliphatic imine (C=N–C) groups is 1. The Labute approximate surface area is 183 Å². The maximum Gasteiger partial charge on any atom is 0.191 e. The van der Waals surface area contributed by atoms with Crippen molar-refractivity contribution in [3.8, 4) is 0 Å². The molecule has 8 heteroatoms. The third-order valence-electron chi connectivity index (χ3n) is 3.66. The minimum absolute atomic E-state index is 0. The van der Waals surface area contributed by atoms with Crippen LogP contribution in [0.25, 0.3) is 0 Å². The molecule has 0 radical (unpaired) electrons. The summed E-state index contributed by atoms with van der Waals surface area (Å²) in [6, 6.07) is 16.1. The van der Waals surface area contributed by atoms with Crippen molar-refractivity contribution in [1.82, 2.24) is 10.6 Å². The second kappa shape index (κ2) is 12.2. The minimum atomic E-state index is -3.24. The fourth-order valence-corrected chi connectivity index (χ4v) is 3.77. The third kappa shape index (κ3) is 8.49. The molecule has 0 unspecified atom stereocenters. The average Bonchev–Trinajstić information content (AvgIpc) is 2.65. The summed E-state index contributed by atoms with van der Waals surface area (Å²) in [5.41, 5.74) is 1.05. The molecule has 0 fully saturated rings. The molecule has 0 aliphatic heterocycles. The Balaban J connectivity index is 0.00000364. The van der Waals surface area contributed by atoms with Crippen LogP contribution in [0.5, 0.6) is 0 Å². The molecule has 0 saturated heterocycles. The van der Waals surface area contributed by atoms with Crippen LogP contribution in [0.3, 0.4) is 0 Å². The summed E-state index contributed by atoms with van der Waals surface area (Å²) in [6.07, 6.45) is 0.503. The van der Waals surface area contributed by atoms with Gasteiger partial charge >= 0.3 is 0 Å². The highest BCUT2D eigenvalue weighted by Gasteiger charge is 2.13. The fraction of sp³-hybridized carbons (Fsp3) is 0.316. The highest BCUT2D eigenvalue weighted by Crippen LogP contribution is 2.11. The first kappa shape index (κ1) is 23.7. The third-order valence-corrected chi connectivity index (χ3v) is 5.73. The number of benzene rings is 2. The van der Waals surface area contributed by atoms with E-state index in [1.165, 1.54) is 0 Å². The van der Waals surface area contributed by atoms with Crippen LogP contribution in [0.1, 0.15) is 18.9 Å². The lowest BCUT2D eigenvalue weighted by Crippen LogP contribution is -2.38. The van der Waals surface area contributed by atoms with Crippen LogP contribution < -0.4 is 10.6 Å². The van der Waals surface area contributed by atoms with E-state index in [0.717, 1.165) is 12.1 Å². The first-order valence-electron chi connectivity index (χ1n) is 8.55. The van der Waals surface area contributed by atoms with E-state index in [9.17, 15) is 8.42 Å². The summed E-state index contributed by atoms with van der Waals surface area (Å²) in [6.45, 7) is 3.77. The van der Waals surface area contributed by atoms with Crippen LogP contribution >= 0.6 is 35.6 Å². The van der Waals surface area contributed by atoms with Crippen molar-refractivity contribution in [3.05, 3.63) is 65.2 Å². The predicted octanol–water partition coefficient (Wildman–Crippen LogP) is 3.88. The fourth-order valence-electron chi connectivity index (χ4n) is 2.32. The summed E-state index contributed by atoms with van der Waals surface area (Å²) in [5.74, 6) is 0.764. The summed E-state index contributed by atoms with van der Waals surface area (Å²) < 4.78 is 24.5. The molecule has 0 amide bonds. The largest absolute Gasteiger partial charge is 0.357 e. The van der Waals surface area contributed by atoms with Gasteiger partial charge in [0.2, 0.25) is 0 Å². The summed E-state index contributed by atoms with van der Waals surface area (Å²) in [7, 11) is -3.24. The Morgan fingerprint density at radius 2 is 1.70 bits per heavy atom. The normalized spacial score (nSPS) is 11.6. The van der Waals surface area contributed by atoms with E-state index in [2.05, 4.69) is 15.6 Å². The van der Waals surface area contributed by atoms with Gasteiger partial charge in [-0.25, -0.2) is 13.4 Å². The van der Waals surface area contributed by atoms with Crippen molar-refractivity contribution in [1.29, 1.82) is 0 Å². The Kier molecular flexibility index (Phi) is 10.7.